The van der Waals surface area contributed by atoms with E-state index in [2.05, 4.69) is 6.07 Å². The Labute approximate surface area is 203 Å². The Morgan fingerprint density at radius 2 is 2.09 bits per heavy atom. The molecule has 8 nitrogen and oxygen atoms in total. The van der Waals surface area contributed by atoms with Crippen molar-refractivity contribution in [1.82, 2.24) is 8.87 Å². The summed E-state index contributed by atoms with van der Waals surface area (Å²) >= 11 is 1.60. The molecule has 0 amide bonds. The van der Waals surface area contributed by atoms with Crippen molar-refractivity contribution in [2.75, 3.05) is 26.5 Å². The fourth-order valence-corrected chi connectivity index (χ4v) is 6.46. The number of nitrogens with two attached hydrogens (primary N) is 1. The molecule has 1 aliphatic carbocycles. The maximum absolute atomic E-state index is 13.2. The highest BCUT2D eigenvalue weighted by molar-refractivity contribution is 7.81. The first kappa shape index (κ1) is 23.2. The van der Waals surface area contributed by atoms with Gasteiger partial charge in [0.2, 0.25) is 5.43 Å². The summed E-state index contributed by atoms with van der Waals surface area (Å²) < 4.78 is 26.9. The number of pyridine rings is 1. The van der Waals surface area contributed by atoms with E-state index in [1.54, 1.807) is 43.9 Å². The van der Waals surface area contributed by atoms with Crippen molar-refractivity contribution in [2.24, 2.45) is 5.73 Å². The smallest absolute Gasteiger partial charge is 0.343 e. The zero-order chi connectivity index (χ0) is 24.1. The van der Waals surface area contributed by atoms with Crippen molar-refractivity contribution in [3.63, 3.8) is 0 Å². The van der Waals surface area contributed by atoms with Crippen LogP contribution in [0.3, 0.4) is 0 Å². The van der Waals surface area contributed by atoms with Gasteiger partial charge in [-0.1, -0.05) is 0 Å². The molecule has 10 heteroatoms. The summed E-state index contributed by atoms with van der Waals surface area (Å²) in [6.07, 6.45) is 5.23. The third-order valence-electron chi connectivity index (χ3n) is 6.34. The maximum Gasteiger partial charge on any atom is 0.343 e. The molecule has 2 unspecified atom stereocenters. The van der Waals surface area contributed by atoms with Gasteiger partial charge >= 0.3 is 5.97 Å². The minimum absolute atomic E-state index is 0.0428. The van der Waals surface area contributed by atoms with Crippen LogP contribution in [0, 0.1) is 0 Å². The Bertz CT molecular complexity index is 1380. The molecule has 0 saturated heterocycles. The van der Waals surface area contributed by atoms with Crippen LogP contribution in [0.25, 0.3) is 21.3 Å². The fraction of sp³-hybridized carbons (Fsp3) is 0.417. The average Bonchev–Trinajstić information content (AvgIpc) is 3.56. The van der Waals surface area contributed by atoms with E-state index in [1.165, 1.54) is 0 Å². The molecule has 2 aromatic heterocycles. The third kappa shape index (κ3) is 3.88. The molecule has 1 aromatic carbocycles. The number of aromatic nitrogens is 1. The minimum Gasteiger partial charge on any atom is -0.494 e. The Balaban J connectivity index is 1.69. The average molecular weight is 502 g/mol. The van der Waals surface area contributed by atoms with Crippen LogP contribution in [-0.4, -0.2) is 45.6 Å². The molecule has 3 heterocycles. The van der Waals surface area contributed by atoms with Gasteiger partial charge in [-0.25, -0.2) is 13.3 Å². The number of hydrogen-bond donors (Lipinski definition) is 1. The second-order valence-electron chi connectivity index (χ2n) is 8.63. The van der Waals surface area contributed by atoms with E-state index in [-0.39, 0.29) is 29.7 Å². The van der Waals surface area contributed by atoms with Gasteiger partial charge in [-0.05, 0) is 43.5 Å². The summed E-state index contributed by atoms with van der Waals surface area (Å²) in [5, 5.41) is 0.434. The summed E-state index contributed by atoms with van der Waals surface area (Å²) in [5.74, 6) is -0.00960. The first-order chi connectivity index (χ1) is 16.3. The number of ether oxygens (including phenoxy) is 2. The van der Waals surface area contributed by atoms with E-state index in [0.29, 0.717) is 29.7 Å². The first-order valence-corrected chi connectivity index (χ1v) is 13.6. The summed E-state index contributed by atoms with van der Waals surface area (Å²) in [6, 6.07) is 5.71. The number of carbonyl (C=O) groups excluding carboxylic acids is 1. The molecule has 1 saturated carbocycles. The summed E-state index contributed by atoms with van der Waals surface area (Å²) in [7, 11) is 0.503. The van der Waals surface area contributed by atoms with Gasteiger partial charge in [-0.3, -0.25) is 4.79 Å². The van der Waals surface area contributed by atoms with E-state index in [1.807, 2.05) is 14.9 Å². The van der Waals surface area contributed by atoms with Gasteiger partial charge in [0.15, 0.2) is 5.75 Å². The molecular formula is C24H27N3O5S2. The zero-order valence-corrected chi connectivity index (χ0v) is 21.0. The summed E-state index contributed by atoms with van der Waals surface area (Å²) in [4.78, 5) is 27.8. The van der Waals surface area contributed by atoms with Crippen molar-refractivity contribution < 1.29 is 18.5 Å². The topological polar surface area (TPSA) is 104 Å². The highest BCUT2D eigenvalue weighted by Gasteiger charge is 2.31. The third-order valence-corrected chi connectivity index (χ3v) is 8.69. The quantitative estimate of drug-likeness (QED) is 0.520. The van der Waals surface area contributed by atoms with Crippen molar-refractivity contribution in [3.05, 3.63) is 50.6 Å². The minimum atomic E-state index is -1.09. The van der Waals surface area contributed by atoms with E-state index in [4.69, 9.17) is 15.2 Å². The number of rotatable bonds is 6. The number of nitrogens with zero attached hydrogens (tertiary/aromatic N) is 2. The van der Waals surface area contributed by atoms with Crippen molar-refractivity contribution in [3.8, 4) is 16.2 Å². The van der Waals surface area contributed by atoms with Gasteiger partial charge < -0.3 is 19.8 Å². The second-order valence-corrected chi connectivity index (χ2v) is 11.1. The Morgan fingerprint density at radius 1 is 1.32 bits per heavy atom. The molecule has 0 bridgehead atoms. The summed E-state index contributed by atoms with van der Waals surface area (Å²) in [5.41, 5.74) is 8.70. The maximum atomic E-state index is 13.2. The van der Waals surface area contributed by atoms with Gasteiger partial charge in [-0.2, -0.15) is 0 Å². The van der Waals surface area contributed by atoms with E-state index in [0.717, 1.165) is 33.7 Å². The standard InChI is InChI=1S/C24H27N3O5S2/c1-4-32-24(29)17-11-27(14-5-6-14)20-16(21(17)28)8-7-15(22(20)31-2)19-9-13-10-26(34(3)30)12-18(25)23(13)33-19/h7-9,11,14,18H,4-6,10,12,25H2,1-3H3. The van der Waals surface area contributed by atoms with Crippen LogP contribution in [0.5, 0.6) is 5.75 Å². The molecule has 2 atom stereocenters. The largest absolute Gasteiger partial charge is 0.494 e. The lowest BCUT2D eigenvalue weighted by molar-refractivity contribution is 0.0524. The molecule has 5 rings (SSSR count). The fourth-order valence-electron chi connectivity index (χ4n) is 4.58. The molecule has 180 valence electrons. The number of benzene rings is 1. The molecule has 2 aliphatic rings. The zero-order valence-electron chi connectivity index (χ0n) is 19.3. The number of thiophene rings is 1. The Morgan fingerprint density at radius 3 is 2.74 bits per heavy atom. The summed E-state index contributed by atoms with van der Waals surface area (Å²) in [6.45, 7) is 3.05. The molecular weight excluding hydrogens is 474 g/mol. The number of hydrogen-bond acceptors (Lipinski definition) is 7. The molecule has 3 aromatic rings. The van der Waals surface area contributed by atoms with Crippen LogP contribution in [-0.2, 0) is 22.3 Å². The van der Waals surface area contributed by atoms with Crippen molar-refractivity contribution in [1.29, 1.82) is 0 Å². The number of fused-ring (bicyclic) bond motifs is 2. The van der Waals surface area contributed by atoms with Gasteiger partial charge in [-0.15, -0.1) is 11.3 Å². The van der Waals surface area contributed by atoms with E-state index < -0.39 is 17.0 Å². The van der Waals surface area contributed by atoms with Crippen LogP contribution in [0.15, 0.2) is 29.2 Å². The van der Waals surface area contributed by atoms with Gasteiger partial charge in [0.25, 0.3) is 0 Å². The van der Waals surface area contributed by atoms with Crippen molar-refractivity contribution >= 4 is 39.2 Å². The van der Waals surface area contributed by atoms with Crippen molar-refractivity contribution in [2.45, 2.75) is 38.4 Å². The van der Waals surface area contributed by atoms with Crippen LogP contribution in [0.2, 0.25) is 0 Å². The lowest BCUT2D eigenvalue weighted by Crippen LogP contribution is -2.36. The normalized spacial score (nSPS) is 19.1. The molecule has 34 heavy (non-hydrogen) atoms. The van der Waals surface area contributed by atoms with E-state index in [9.17, 15) is 13.8 Å². The molecule has 1 fully saturated rings. The molecule has 1 aliphatic heterocycles. The van der Waals surface area contributed by atoms with Gasteiger partial charge in [0, 0.05) is 46.9 Å². The predicted molar refractivity (Wildman–Crippen MR) is 134 cm³/mol. The number of carbonyl (C=O) groups is 1. The van der Waals surface area contributed by atoms with Crippen LogP contribution in [0.1, 0.15) is 52.6 Å². The van der Waals surface area contributed by atoms with Crippen LogP contribution >= 0.6 is 11.3 Å². The van der Waals surface area contributed by atoms with Gasteiger partial charge in [0.1, 0.15) is 5.56 Å². The Kier molecular flexibility index (Phi) is 6.09. The lowest BCUT2D eigenvalue weighted by atomic mass is 10.0. The molecule has 0 spiro atoms. The molecule has 2 N–H and O–H groups in total. The Hall–Kier alpha value is -2.53. The van der Waals surface area contributed by atoms with E-state index >= 15 is 0 Å². The molecule has 0 radical (unpaired) electrons. The number of esters is 1. The predicted octanol–water partition coefficient (Wildman–Crippen LogP) is 3.36. The SMILES string of the molecule is CCOC(=O)c1cn(C2CC2)c2c(OC)c(-c3cc4c(s3)C(N)CN(S(C)=O)C4)ccc2c1=O. The van der Waals surface area contributed by atoms with Crippen LogP contribution < -0.4 is 15.9 Å². The first-order valence-electron chi connectivity index (χ1n) is 11.2. The highest BCUT2D eigenvalue weighted by atomic mass is 32.2. The number of methoxy groups -OCH3 is 1. The lowest BCUT2D eigenvalue weighted by Gasteiger charge is -2.28. The second kappa shape index (κ2) is 8.92. The monoisotopic (exact) mass is 501 g/mol. The van der Waals surface area contributed by atoms with Gasteiger partial charge in [0.05, 0.1) is 41.6 Å². The highest BCUT2D eigenvalue weighted by Crippen LogP contribution is 2.46. The van der Waals surface area contributed by atoms with Crippen LogP contribution in [0.4, 0.5) is 0 Å².